The smallest absolute Gasteiger partial charge is 0.372 e. The van der Waals surface area contributed by atoms with E-state index in [-0.39, 0.29) is 16.5 Å². The first-order valence-corrected chi connectivity index (χ1v) is 6.25. The van der Waals surface area contributed by atoms with Gasteiger partial charge in [-0.25, -0.2) is 4.79 Å². The maximum atomic E-state index is 12.5. The highest BCUT2D eigenvalue weighted by Crippen LogP contribution is 2.24. The highest BCUT2D eigenvalue weighted by Gasteiger charge is 2.23. The van der Waals surface area contributed by atoms with Crippen LogP contribution in [0, 0.1) is 20.8 Å². The quantitative estimate of drug-likeness (QED) is 0.896. The van der Waals surface area contributed by atoms with Crippen LogP contribution < -0.4 is 5.43 Å². The van der Waals surface area contributed by atoms with Crippen molar-refractivity contribution in [1.29, 1.82) is 0 Å². The summed E-state index contributed by atoms with van der Waals surface area (Å²) in [6.45, 7) is 5.39. The lowest BCUT2D eigenvalue weighted by Crippen LogP contribution is -2.20. The Bertz CT molecular complexity index is 828. The molecule has 0 radical (unpaired) electrons. The zero-order valence-electron chi connectivity index (χ0n) is 11.8. The van der Waals surface area contributed by atoms with Crippen molar-refractivity contribution in [2.75, 3.05) is 0 Å². The van der Waals surface area contributed by atoms with Gasteiger partial charge in [-0.05, 0) is 43.5 Å². The average molecular weight is 290 g/mol. The van der Waals surface area contributed by atoms with E-state index in [1.165, 1.54) is 0 Å². The lowest BCUT2D eigenvalue weighted by Gasteiger charge is -2.11. The maximum absolute atomic E-state index is 12.5. The molecule has 0 aliphatic rings. The first-order valence-electron chi connectivity index (χ1n) is 6.25. The molecule has 2 N–H and O–H groups in total. The summed E-state index contributed by atoms with van der Waals surface area (Å²) < 4.78 is 5.29. The van der Waals surface area contributed by atoms with Gasteiger partial charge in [0, 0.05) is 0 Å². The molecule has 2 aromatic rings. The number of carboxylic acids is 2. The van der Waals surface area contributed by atoms with Gasteiger partial charge >= 0.3 is 11.9 Å². The van der Waals surface area contributed by atoms with Crippen LogP contribution in [0.15, 0.2) is 15.3 Å². The molecule has 0 saturated heterocycles. The average Bonchev–Trinajstić information content (AvgIpc) is 2.38. The summed E-state index contributed by atoms with van der Waals surface area (Å²) in [4.78, 5) is 34.6. The molecule has 110 valence electrons. The number of carbonyl (C=O) groups is 2. The Hall–Kier alpha value is -2.63. The van der Waals surface area contributed by atoms with Gasteiger partial charge in [0.15, 0.2) is 5.43 Å². The van der Waals surface area contributed by atoms with Gasteiger partial charge in [0.1, 0.15) is 5.58 Å². The van der Waals surface area contributed by atoms with Crippen molar-refractivity contribution in [1.82, 2.24) is 0 Å². The Balaban J connectivity index is 2.98. The molecule has 0 saturated carbocycles. The maximum Gasteiger partial charge on any atom is 0.372 e. The molecule has 0 spiro atoms. The van der Waals surface area contributed by atoms with Gasteiger partial charge in [-0.1, -0.05) is 0 Å². The standard InChI is InChI=1S/C15H14O6/c1-6-4-10-12(8(3)7(6)2)13(18)9(5-11(16)17)14(21-10)15(19)20/h4H,5H2,1-3H3,(H,16,17)(H,19,20). The van der Waals surface area contributed by atoms with Crippen molar-refractivity contribution in [3.05, 3.63) is 44.3 Å². The van der Waals surface area contributed by atoms with Crippen molar-refractivity contribution in [3.8, 4) is 0 Å². The fraction of sp³-hybridized carbons (Fsp3) is 0.267. The van der Waals surface area contributed by atoms with E-state index >= 15 is 0 Å². The Kier molecular flexibility index (Phi) is 3.55. The van der Waals surface area contributed by atoms with Gasteiger partial charge < -0.3 is 14.6 Å². The minimum Gasteiger partial charge on any atom is -0.481 e. The molecule has 6 heteroatoms. The van der Waals surface area contributed by atoms with Crippen molar-refractivity contribution in [2.24, 2.45) is 0 Å². The number of aryl methyl sites for hydroxylation is 2. The van der Waals surface area contributed by atoms with Crippen LogP contribution in [0.25, 0.3) is 11.0 Å². The SMILES string of the molecule is Cc1cc2oc(C(=O)O)c(CC(=O)O)c(=O)c2c(C)c1C. The number of aromatic carboxylic acids is 1. The third kappa shape index (κ3) is 2.40. The largest absolute Gasteiger partial charge is 0.481 e. The predicted octanol–water partition coefficient (Wildman–Crippen LogP) is 2.04. The molecule has 0 aliphatic heterocycles. The summed E-state index contributed by atoms with van der Waals surface area (Å²) in [7, 11) is 0. The van der Waals surface area contributed by atoms with E-state index < -0.39 is 29.5 Å². The third-order valence-electron chi connectivity index (χ3n) is 3.63. The van der Waals surface area contributed by atoms with E-state index in [0.717, 1.165) is 11.1 Å². The van der Waals surface area contributed by atoms with Crippen LogP contribution in [-0.2, 0) is 11.2 Å². The normalized spacial score (nSPS) is 10.8. The molecule has 1 heterocycles. The second-order valence-corrected chi connectivity index (χ2v) is 4.93. The summed E-state index contributed by atoms with van der Waals surface area (Å²) in [6.07, 6.45) is -0.688. The molecule has 6 nitrogen and oxygen atoms in total. The fourth-order valence-electron chi connectivity index (χ4n) is 2.32. The van der Waals surface area contributed by atoms with Gasteiger partial charge in [-0.15, -0.1) is 0 Å². The van der Waals surface area contributed by atoms with Crippen LogP contribution in [-0.4, -0.2) is 22.2 Å². The topological polar surface area (TPSA) is 105 Å². The van der Waals surface area contributed by atoms with Crippen molar-refractivity contribution in [2.45, 2.75) is 27.2 Å². The van der Waals surface area contributed by atoms with Crippen LogP contribution in [0.1, 0.15) is 32.8 Å². The van der Waals surface area contributed by atoms with Crippen molar-refractivity contribution >= 4 is 22.9 Å². The summed E-state index contributed by atoms with van der Waals surface area (Å²) in [6, 6.07) is 1.59. The molecule has 0 bridgehead atoms. The minimum absolute atomic E-state index is 0.159. The molecule has 1 aromatic heterocycles. The predicted molar refractivity (Wildman–Crippen MR) is 75.0 cm³/mol. The number of carboxylic acid groups (broad SMARTS) is 2. The van der Waals surface area contributed by atoms with E-state index in [4.69, 9.17) is 14.6 Å². The number of fused-ring (bicyclic) bond motifs is 1. The number of rotatable bonds is 3. The Morgan fingerprint density at radius 3 is 2.29 bits per heavy atom. The Morgan fingerprint density at radius 2 is 1.76 bits per heavy atom. The Morgan fingerprint density at radius 1 is 1.14 bits per heavy atom. The van der Waals surface area contributed by atoms with Crippen molar-refractivity contribution in [3.63, 3.8) is 0 Å². The third-order valence-corrected chi connectivity index (χ3v) is 3.63. The van der Waals surface area contributed by atoms with E-state index in [1.54, 1.807) is 13.0 Å². The molecule has 21 heavy (non-hydrogen) atoms. The zero-order valence-corrected chi connectivity index (χ0v) is 11.8. The van der Waals surface area contributed by atoms with Crippen LogP contribution in [0.3, 0.4) is 0 Å². The zero-order chi connectivity index (χ0) is 15.9. The van der Waals surface area contributed by atoms with Crippen LogP contribution >= 0.6 is 0 Å². The number of benzene rings is 1. The van der Waals surface area contributed by atoms with Gasteiger partial charge in [-0.3, -0.25) is 9.59 Å². The fourth-order valence-corrected chi connectivity index (χ4v) is 2.32. The summed E-state index contributed by atoms with van der Waals surface area (Å²) in [5, 5.41) is 18.2. The molecule has 0 unspecified atom stereocenters. The lowest BCUT2D eigenvalue weighted by molar-refractivity contribution is -0.136. The monoisotopic (exact) mass is 290 g/mol. The minimum atomic E-state index is -1.46. The Labute approximate surface area is 119 Å². The van der Waals surface area contributed by atoms with Gasteiger partial charge in [0.2, 0.25) is 5.76 Å². The molecular weight excluding hydrogens is 276 g/mol. The van der Waals surface area contributed by atoms with E-state index in [0.29, 0.717) is 5.56 Å². The highest BCUT2D eigenvalue weighted by atomic mass is 16.4. The molecule has 0 atom stereocenters. The molecule has 0 amide bonds. The van der Waals surface area contributed by atoms with Crippen LogP contribution in [0.4, 0.5) is 0 Å². The molecule has 2 rings (SSSR count). The summed E-state index contributed by atoms with van der Waals surface area (Å²) in [5.41, 5.74) is 1.64. The molecular formula is C15H14O6. The first kappa shape index (κ1) is 14.8. The van der Waals surface area contributed by atoms with E-state index in [2.05, 4.69) is 0 Å². The van der Waals surface area contributed by atoms with Crippen molar-refractivity contribution < 1.29 is 24.2 Å². The second-order valence-electron chi connectivity index (χ2n) is 4.93. The van der Waals surface area contributed by atoms with Gasteiger partial charge in [0.05, 0.1) is 17.4 Å². The number of hydrogen-bond acceptors (Lipinski definition) is 4. The van der Waals surface area contributed by atoms with Crippen LogP contribution in [0.5, 0.6) is 0 Å². The van der Waals surface area contributed by atoms with Gasteiger partial charge in [-0.2, -0.15) is 0 Å². The lowest BCUT2D eigenvalue weighted by atomic mass is 9.97. The highest BCUT2D eigenvalue weighted by molar-refractivity contribution is 5.92. The van der Waals surface area contributed by atoms with Crippen LogP contribution in [0.2, 0.25) is 0 Å². The molecule has 0 fully saturated rings. The van der Waals surface area contributed by atoms with E-state index in [1.807, 2.05) is 13.8 Å². The second kappa shape index (κ2) is 5.05. The van der Waals surface area contributed by atoms with Gasteiger partial charge in [0.25, 0.3) is 0 Å². The van der Waals surface area contributed by atoms with E-state index in [9.17, 15) is 14.4 Å². The summed E-state index contributed by atoms with van der Waals surface area (Å²) in [5.74, 6) is -3.36. The molecule has 0 aliphatic carbocycles. The summed E-state index contributed by atoms with van der Waals surface area (Å²) >= 11 is 0. The molecule has 1 aromatic carbocycles. The first-order chi connectivity index (χ1) is 9.73. The number of aliphatic carboxylic acids is 1. The number of hydrogen-bond donors (Lipinski definition) is 2.